The number of nitro benzene ring substituents is 2. The molecule has 1 aliphatic heterocycles. The van der Waals surface area contributed by atoms with Crippen molar-refractivity contribution in [1.82, 2.24) is 10.9 Å². The summed E-state index contributed by atoms with van der Waals surface area (Å²) >= 11 is 0. The Hall–Kier alpha value is -2.60. The molecule has 0 spiro atoms. The van der Waals surface area contributed by atoms with Crippen molar-refractivity contribution in [3.8, 4) is 0 Å². The second-order valence-corrected chi connectivity index (χ2v) is 7.14. The first-order chi connectivity index (χ1) is 10.7. The molecule has 1 saturated heterocycles. The van der Waals surface area contributed by atoms with E-state index in [1.807, 2.05) is 0 Å². The second kappa shape index (κ2) is 6.26. The van der Waals surface area contributed by atoms with Crippen LogP contribution in [0, 0.1) is 20.2 Å². The van der Waals surface area contributed by atoms with Crippen molar-refractivity contribution in [2.24, 2.45) is 0 Å². The Morgan fingerprint density at radius 2 is 1.91 bits per heavy atom. The maximum Gasteiger partial charge on any atom is 0.282 e. The Labute approximate surface area is 129 Å². The van der Waals surface area contributed by atoms with Gasteiger partial charge in [0.15, 0.2) is 9.84 Å². The number of nitrogens with one attached hydrogen (secondary N) is 2. The van der Waals surface area contributed by atoms with Gasteiger partial charge in [-0.25, -0.2) is 13.8 Å². The molecule has 1 amide bonds. The van der Waals surface area contributed by atoms with Crippen LogP contribution in [-0.2, 0) is 9.84 Å². The van der Waals surface area contributed by atoms with Crippen LogP contribution in [0.1, 0.15) is 16.8 Å². The minimum Gasteiger partial charge on any atom is -0.287 e. The zero-order valence-corrected chi connectivity index (χ0v) is 12.4. The fourth-order valence-electron chi connectivity index (χ4n) is 2.12. The van der Waals surface area contributed by atoms with E-state index in [0.29, 0.717) is 6.42 Å². The lowest BCUT2D eigenvalue weighted by atomic mass is 10.1. The van der Waals surface area contributed by atoms with E-state index in [2.05, 4.69) is 10.9 Å². The van der Waals surface area contributed by atoms with Gasteiger partial charge in [-0.1, -0.05) is 0 Å². The molecule has 1 atom stereocenters. The number of sulfone groups is 1. The number of hydrogen-bond acceptors (Lipinski definition) is 8. The Kier molecular flexibility index (Phi) is 4.56. The van der Waals surface area contributed by atoms with E-state index in [-0.39, 0.29) is 11.5 Å². The lowest BCUT2D eigenvalue weighted by Gasteiger charge is -2.12. The summed E-state index contributed by atoms with van der Waals surface area (Å²) < 4.78 is 22.6. The third-order valence-corrected chi connectivity index (χ3v) is 5.02. The average molecular weight is 344 g/mol. The minimum absolute atomic E-state index is 0.0164. The molecular weight excluding hydrogens is 332 g/mol. The number of hydrazine groups is 1. The fraction of sp³-hybridized carbons (Fsp3) is 0.364. The van der Waals surface area contributed by atoms with Crippen LogP contribution in [0.3, 0.4) is 0 Å². The molecule has 0 bridgehead atoms. The number of amides is 1. The number of carbonyl (C=O) groups excluding carboxylic acids is 1. The van der Waals surface area contributed by atoms with Gasteiger partial charge in [0.2, 0.25) is 0 Å². The fourth-order valence-corrected chi connectivity index (χ4v) is 3.80. The highest BCUT2D eigenvalue weighted by atomic mass is 32.2. The lowest BCUT2D eigenvalue weighted by Crippen LogP contribution is -2.45. The maximum atomic E-state index is 12.0. The second-order valence-electron chi connectivity index (χ2n) is 4.91. The van der Waals surface area contributed by atoms with Crippen molar-refractivity contribution in [3.05, 3.63) is 44.0 Å². The van der Waals surface area contributed by atoms with Gasteiger partial charge in [-0.15, -0.1) is 0 Å². The molecule has 0 radical (unpaired) electrons. The van der Waals surface area contributed by atoms with E-state index >= 15 is 0 Å². The summed E-state index contributed by atoms with van der Waals surface area (Å²) in [6.45, 7) is 0. The highest BCUT2D eigenvalue weighted by molar-refractivity contribution is 7.91. The molecule has 11 nitrogen and oxygen atoms in total. The van der Waals surface area contributed by atoms with Gasteiger partial charge in [0.25, 0.3) is 17.3 Å². The summed E-state index contributed by atoms with van der Waals surface area (Å²) in [5, 5.41) is 21.6. The molecule has 2 N–H and O–H groups in total. The van der Waals surface area contributed by atoms with Crippen molar-refractivity contribution in [2.45, 2.75) is 12.5 Å². The largest absolute Gasteiger partial charge is 0.287 e. The maximum absolute atomic E-state index is 12.0. The molecule has 2 rings (SSSR count). The van der Waals surface area contributed by atoms with E-state index in [1.54, 1.807) is 0 Å². The molecule has 1 aromatic carbocycles. The predicted molar refractivity (Wildman–Crippen MR) is 77.4 cm³/mol. The van der Waals surface area contributed by atoms with E-state index in [0.717, 1.165) is 18.2 Å². The summed E-state index contributed by atoms with van der Waals surface area (Å²) in [7, 11) is -3.16. The van der Waals surface area contributed by atoms with Crippen molar-refractivity contribution in [1.29, 1.82) is 0 Å². The molecule has 0 aliphatic carbocycles. The van der Waals surface area contributed by atoms with Crippen LogP contribution in [0.5, 0.6) is 0 Å². The van der Waals surface area contributed by atoms with Gasteiger partial charge >= 0.3 is 0 Å². The zero-order chi connectivity index (χ0) is 17.2. The molecular formula is C11H12N4O7S. The van der Waals surface area contributed by atoms with Crippen LogP contribution in [0.2, 0.25) is 0 Å². The van der Waals surface area contributed by atoms with Crippen LogP contribution in [-0.4, -0.2) is 41.7 Å². The normalized spacial score (nSPS) is 19.2. The lowest BCUT2D eigenvalue weighted by molar-refractivity contribution is -0.389. The van der Waals surface area contributed by atoms with Crippen LogP contribution < -0.4 is 10.9 Å². The van der Waals surface area contributed by atoms with Crippen molar-refractivity contribution >= 4 is 27.1 Å². The van der Waals surface area contributed by atoms with E-state index in [4.69, 9.17) is 0 Å². The SMILES string of the molecule is O=C(NNC1CCS(=O)(=O)C1)c1cc([N+](=O)[O-])ccc1[N+](=O)[O-]. The number of benzene rings is 1. The third-order valence-electron chi connectivity index (χ3n) is 3.25. The first-order valence-electron chi connectivity index (χ1n) is 6.39. The third kappa shape index (κ3) is 3.98. The van der Waals surface area contributed by atoms with E-state index in [1.165, 1.54) is 0 Å². The minimum atomic E-state index is -3.16. The van der Waals surface area contributed by atoms with Crippen LogP contribution in [0.4, 0.5) is 11.4 Å². The first-order valence-corrected chi connectivity index (χ1v) is 8.21. The quantitative estimate of drug-likeness (QED) is 0.553. The van der Waals surface area contributed by atoms with E-state index in [9.17, 15) is 33.4 Å². The van der Waals surface area contributed by atoms with Crippen LogP contribution in [0.25, 0.3) is 0 Å². The topological polar surface area (TPSA) is 162 Å². The van der Waals surface area contributed by atoms with Gasteiger partial charge in [-0.2, -0.15) is 0 Å². The molecule has 1 unspecified atom stereocenters. The summed E-state index contributed by atoms with van der Waals surface area (Å²) in [4.78, 5) is 32.0. The molecule has 23 heavy (non-hydrogen) atoms. The molecule has 0 aromatic heterocycles. The van der Waals surface area contributed by atoms with Crippen LogP contribution >= 0.6 is 0 Å². The van der Waals surface area contributed by atoms with Gasteiger partial charge in [0, 0.05) is 24.2 Å². The Morgan fingerprint density at radius 3 is 2.43 bits per heavy atom. The van der Waals surface area contributed by atoms with Gasteiger partial charge in [-0.05, 0) is 6.42 Å². The smallest absolute Gasteiger partial charge is 0.282 e. The number of nitrogens with zero attached hydrogens (tertiary/aromatic N) is 2. The summed E-state index contributed by atoms with van der Waals surface area (Å²) in [5.74, 6) is -1.13. The van der Waals surface area contributed by atoms with Crippen LogP contribution in [0.15, 0.2) is 18.2 Å². The number of rotatable bonds is 5. The number of hydrogen-bond donors (Lipinski definition) is 2. The first kappa shape index (κ1) is 16.8. The molecule has 1 fully saturated rings. The predicted octanol–water partition coefficient (Wildman–Crippen LogP) is -0.0755. The Morgan fingerprint density at radius 1 is 1.22 bits per heavy atom. The number of non-ortho nitro benzene ring substituents is 1. The monoisotopic (exact) mass is 344 g/mol. The Balaban J connectivity index is 2.16. The highest BCUT2D eigenvalue weighted by Crippen LogP contribution is 2.23. The standard InChI is InChI=1S/C11H12N4O7S/c16-11(13-12-7-3-4-23(21,22)6-7)9-5-8(14(17)18)1-2-10(9)15(19)20/h1-2,5,7,12H,3-4,6H2,(H,13,16). The molecule has 124 valence electrons. The highest BCUT2D eigenvalue weighted by Gasteiger charge is 2.29. The van der Waals surface area contributed by atoms with Gasteiger partial charge in [-0.3, -0.25) is 30.4 Å². The Bertz CT molecular complexity index is 777. The molecule has 1 aromatic rings. The summed E-state index contributed by atoms with van der Waals surface area (Å²) in [6, 6.07) is 2.07. The molecule has 1 heterocycles. The molecule has 1 aliphatic rings. The number of nitro groups is 2. The average Bonchev–Trinajstić information content (AvgIpc) is 2.83. The molecule has 12 heteroatoms. The van der Waals surface area contributed by atoms with Gasteiger partial charge < -0.3 is 0 Å². The zero-order valence-electron chi connectivity index (χ0n) is 11.6. The molecule has 0 saturated carbocycles. The summed E-state index contributed by atoms with van der Waals surface area (Å²) in [5.41, 5.74) is 3.09. The van der Waals surface area contributed by atoms with Crippen molar-refractivity contribution in [3.63, 3.8) is 0 Å². The number of carbonyl (C=O) groups is 1. The summed E-state index contributed by atoms with van der Waals surface area (Å²) in [6.07, 6.45) is 0.291. The van der Waals surface area contributed by atoms with Gasteiger partial charge in [0.05, 0.1) is 21.4 Å². The van der Waals surface area contributed by atoms with Crippen molar-refractivity contribution in [2.75, 3.05) is 11.5 Å². The van der Waals surface area contributed by atoms with E-state index < -0.39 is 48.6 Å². The van der Waals surface area contributed by atoms with Gasteiger partial charge in [0.1, 0.15) is 5.56 Å². The van der Waals surface area contributed by atoms with Crippen molar-refractivity contribution < 1.29 is 23.1 Å².